The molecule has 2 rings (SSSR count). The van der Waals surface area contributed by atoms with Crippen LogP contribution in [0.3, 0.4) is 0 Å². The van der Waals surface area contributed by atoms with Crippen LogP contribution < -0.4 is 0 Å². The summed E-state index contributed by atoms with van der Waals surface area (Å²) in [4.78, 5) is 10.9. The number of carboxylic acid groups (broad SMARTS) is 1. The molecule has 3 heteroatoms. The van der Waals surface area contributed by atoms with Crippen LogP contribution in [0, 0.1) is 17.7 Å². The van der Waals surface area contributed by atoms with E-state index in [4.69, 9.17) is 5.11 Å². The third kappa shape index (κ3) is 4.29. The first-order chi connectivity index (χ1) is 10.1. The summed E-state index contributed by atoms with van der Waals surface area (Å²) in [6.07, 6.45) is 9.31. The van der Waals surface area contributed by atoms with Crippen molar-refractivity contribution in [1.82, 2.24) is 0 Å². The van der Waals surface area contributed by atoms with Gasteiger partial charge in [-0.1, -0.05) is 57.6 Å². The van der Waals surface area contributed by atoms with Crippen molar-refractivity contribution in [2.45, 2.75) is 58.3 Å². The Morgan fingerprint density at radius 1 is 1.19 bits per heavy atom. The lowest BCUT2D eigenvalue weighted by Crippen LogP contribution is -2.15. The summed E-state index contributed by atoms with van der Waals surface area (Å²) in [5.74, 6) is -0.177. The summed E-state index contributed by atoms with van der Waals surface area (Å²) in [5.41, 5.74) is 0.338. The minimum absolute atomic E-state index is 0.209. The molecular weight excluding hydrogens is 267 g/mol. The second kappa shape index (κ2) is 7.58. The van der Waals surface area contributed by atoms with E-state index in [1.807, 2.05) is 0 Å². The van der Waals surface area contributed by atoms with Gasteiger partial charge in [0.2, 0.25) is 0 Å². The van der Waals surface area contributed by atoms with Crippen LogP contribution >= 0.6 is 0 Å². The van der Waals surface area contributed by atoms with E-state index in [2.05, 4.69) is 6.92 Å². The molecule has 1 aliphatic carbocycles. The molecule has 0 aliphatic heterocycles. The predicted octanol–water partition coefficient (Wildman–Crippen LogP) is 5.06. The number of benzene rings is 1. The molecule has 0 radical (unpaired) electrons. The molecule has 21 heavy (non-hydrogen) atoms. The highest BCUT2D eigenvalue weighted by Gasteiger charge is 2.21. The van der Waals surface area contributed by atoms with Crippen molar-refractivity contribution in [3.63, 3.8) is 0 Å². The average molecular weight is 292 g/mol. The predicted molar refractivity (Wildman–Crippen MR) is 82.0 cm³/mol. The van der Waals surface area contributed by atoms with Gasteiger partial charge in [-0.25, -0.2) is 9.18 Å². The van der Waals surface area contributed by atoms with Crippen molar-refractivity contribution in [3.05, 3.63) is 35.1 Å². The minimum Gasteiger partial charge on any atom is -0.478 e. The fraction of sp³-hybridized carbons (Fsp3) is 0.611. The van der Waals surface area contributed by atoms with Gasteiger partial charge in [-0.2, -0.15) is 0 Å². The van der Waals surface area contributed by atoms with E-state index in [1.165, 1.54) is 44.6 Å². The maximum Gasteiger partial charge on any atom is 0.338 e. The Labute approximate surface area is 126 Å². The van der Waals surface area contributed by atoms with Gasteiger partial charge < -0.3 is 5.11 Å². The zero-order valence-electron chi connectivity index (χ0n) is 12.8. The number of halogens is 1. The van der Waals surface area contributed by atoms with E-state index in [0.29, 0.717) is 17.9 Å². The zero-order chi connectivity index (χ0) is 15.2. The fourth-order valence-electron chi connectivity index (χ4n) is 3.51. The van der Waals surface area contributed by atoms with Crippen molar-refractivity contribution in [2.75, 3.05) is 0 Å². The SMILES string of the molecule is CCC[C@H]1CC[C@H](CCc2cccc(C(=O)O)c2F)CC1. The quantitative estimate of drug-likeness (QED) is 0.795. The fourth-order valence-corrected chi connectivity index (χ4v) is 3.51. The van der Waals surface area contributed by atoms with Gasteiger partial charge in [0.1, 0.15) is 5.82 Å². The molecule has 1 fully saturated rings. The number of carbonyl (C=O) groups is 1. The first kappa shape index (κ1) is 16.0. The van der Waals surface area contributed by atoms with Gasteiger partial charge >= 0.3 is 5.97 Å². The van der Waals surface area contributed by atoms with Crippen molar-refractivity contribution < 1.29 is 14.3 Å². The summed E-state index contributed by atoms with van der Waals surface area (Å²) in [6, 6.07) is 4.68. The van der Waals surface area contributed by atoms with Crippen LogP contribution in [0.2, 0.25) is 0 Å². The Kier molecular flexibility index (Phi) is 5.77. The Morgan fingerprint density at radius 3 is 2.38 bits per heavy atom. The molecule has 0 atom stereocenters. The maximum atomic E-state index is 14.1. The van der Waals surface area contributed by atoms with E-state index in [9.17, 15) is 9.18 Å². The van der Waals surface area contributed by atoms with Crippen LogP contribution in [0.15, 0.2) is 18.2 Å². The molecule has 1 aromatic carbocycles. The second-order valence-corrected chi connectivity index (χ2v) is 6.30. The molecule has 2 nitrogen and oxygen atoms in total. The van der Waals surface area contributed by atoms with Crippen LogP contribution in [0.1, 0.15) is 67.8 Å². The molecular formula is C18H25FO2. The van der Waals surface area contributed by atoms with E-state index in [-0.39, 0.29) is 5.56 Å². The molecule has 116 valence electrons. The summed E-state index contributed by atoms with van der Waals surface area (Å²) in [7, 11) is 0. The van der Waals surface area contributed by atoms with E-state index >= 15 is 0 Å². The van der Waals surface area contributed by atoms with Crippen molar-refractivity contribution in [3.8, 4) is 0 Å². The number of aromatic carboxylic acids is 1. The van der Waals surface area contributed by atoms with Gasteiger partial charge in [0.15, 0.2) is 0 Å². The maximum absolute atomic E-state index is 14.1. The molecule has 0 amide bonds. The first-order valence-electron chi connectivity index (χ1n) is 8.12. The van der Waals surface area contributed by atoms with E-state index in [0.717, 1.165) is 12.3 Å². The number of hydrogen-bond donors (Lipinski definition) is 1. The third-order valence-electron chi connectivity index (χ3n) is 4.79. The second-order valence-electron chi connectivity index (χ2n) is 6.30. The number of carboxylic acids is 1. The van der Waals surface area contributed by atoms with Crippen LogP contribution in [0.5, 0.6) is 0 Å². The number of hydrogen-bond acceptors (Lipinski definition) is 1. The Morgan fingerprint density at radius 2 is 1.81 bits per heavy atom. The molecule has 0 heterocycles. The smallest absolute Gasteiger partial charge is 0.338 e. The summed E-state index contributed by atoms with van der Waals surface area (Å²) in [5, 5.41) is 8.95. The lowest BCUT2D eigenvalue weighted by atomic mass is 9.78. The molecule has 0 saturated heterocycles. The first-order valence-corrected chi connectivity index (χ1v) is 8.12. The molecule has 1 aliphatic rings. The summed E-state index contributed by atoms with van der Waals surface area (Å²) >= 11 is 0. The molecule has 1 N–H and O–H groups in total. The molecule has 0 spiro atoms. The number of aryl methyl sites for hydroxylation is 1. The van der Waals surface area contributed by atoms with Gasteiger partial charge in [-0.05, 0) is 36.3 Å². The largest absolute Gasteiger partial charge is 0.478 e. The molecule has 1 saturated carbocycles. The van der Waals surface area contributed by atoms with Crippen LogP contribution in [-0.4, -0.2) is 11.1 Å². The zero-order valence-corrected chi connectivity index (χ0v) is 12.8. The van der Waals surface area contributed by atoms with Crippen molar-refractivity contribution >= 4 is 5.97 Å². The Hall–Kier alpha value is -1.38. The highest BCUT2D eigenvalue weighted by molar-refractivity contribution is 5.88. The van der Waals surface area contributed by atoms with Gasteiger partial charge in [0.05, 0.1) is 5.56 Å². The van der Waals surface area contributed by atoms with Crippen molar-refractivity contribution in [2.24, 2.45) is 11.8 Å². The molecule has 0 aromatic heterocycles. The molecule has 1 aromatic rings. The van der Waals surface area contributed by atoms with E-state index in [1.54, 1.807) is 12.1 Å². The monoisotopic (exact) mass is 292 g/mol. The van der Waals surface area contributed by atoms with Crippen molar-refractivity contribution in [1.29, 1.82) is 0 Å². The van der Waals surface area contributed by atoms with Crippen LogP contribution in [-0.2, 0) is 6.42 Å². The van der Waals surface area contributed by atoms with Crippen LogP contribution in [0.4, 0.5) is 4.39 Å². The van der Waals surface area contributed by atoms with Crippen LogP contribution in [0.25, 0.3) is 0 Å². The average Bonchev–Trinajstić information content (AvgIpc) is 2.48. The standard InChI is InChI=1S/C18H25FO2/c1-2-4-13-7-9-14(10-8-13)11-12-15-5-3-6-16(17(15)19)18(20)21/h3,5-6,13-14H,2,4,7-12H2,1H3,(H,20,21)/t13-,14-. The molecule has 0 bridgehead atoms. The Balaban J connectivity index is 1.87. The van der Waals surface area contributed by atoms with E-state index < -0.39 is 11.8 Å². The highest BCUT2D eigenvalue weighted by Crippen LogP contribution is 2.34. The lowest BCUT2D eigenvalue weighted by Gasteiger charge is -2.28. The van der Waals surface area contributed by atoms with Gasteiger partial charge in [-0.3, -0.25) is 0 Å². The molecule has 0 unspecified atom stereocenters. The summed E-state index contributed by atoms with van der Waals surface area (Å²) < 4.78 is 14.1. The minimum atomic E-state index is -1.19. The Bertz CT molecular complexity index is 476. The normalized spacial score (nSPS) is 22.2. The number of rotatable bonds is 6. The highest BCUT2D eigenvalue weighted by atomic mass is 19.1. The summed E-state index contributed by atoms with van der Waals surface area (Å²) in [6.45, 7) is 2.24. The third-order valence-corrected chi connectivity index (χ3v) is 4.79. The van der Waals surface area contributed by atoms with Gasteiger partial charge in [-0.15, -0.1) is 0 Å². The van der Waals surface area contributed by atoms with Gasteiger partial charge in [0.25, 0.3) is 0 Å². The lowest BCUT2D eigenvalue weighted by molar-refractivity contribution is 0.0691. The van der Waals surface area contributed by atoms with Gasteiger partial charge in [0, 0.05) is 0 Å². The topological polar surface area (TPSA) is 37.3 Å².